The third-order valence-electron chi connectivity index (χ3n) is 7.77. The molecule has 1 aromatic heterocycles. The Balaban J connectivity index is 1.50. The predicted molar refractivity (Wildman–Crippen MR) is 122 cm³/mol. The van der Waals surface area contributed by atoms with Crippen molar-refractivity contribution in [3.8, 4) is 5.75 Å². The summed E-state index contributed by atoms with van der Waals surface area (Å²) in [6.45, 7) is 2.79. The van der Waals surface area contributed by atoms with Crippen molar-refractivity contribution in [2.75, 3.05) is 19.6 Å². The van der Waals surface area contributed by atoms with Gasteiger partial charge in [-0.1, -0.05) is 24.3 Å². The van der Waals surface area contributed by atoms with Gasteiger partial charge in [0.2, 0.25) is 0 Å². The van der Waals surface area contributed by atoms with Crippen LogP contribution in [0.15, 0.2) is 46.9 Å². The Bertz CT molecular complexity index is 1140. The maximum absolute atomic E-state index is 12.3. The van der Waals surface area contributed by atoms with Gasteiger partial charge in [0.15, 0.2) is 0 Å². The van der Waals surface area contributed by atoms with Gasteiger partial charge in [-0.3, -0.25) is 0 Å². The minimum Gasteiger partial charge on any atom is -0.508 e. The van der Waals surface area contributed by atoms with E-state index < -0.39 is 11.0 Å². The first-order valence-corrected chi connectivity index (χ1v) is 11.8. The Hall–Kier alpha value is -1.82. The number of hydrogen-bond acceptors (Lipinski definition) is 3. The van der Waals surface area contributed by atoms with Crippen LogP contribution in [0, 0.1) is 5.92 Å². The monoisotopic (exact) mass is 466 g/mol. The summed E-state index contributed by atoms with van der Waals surface area (Å²) in [5.41, 5.74) is 3.38. The lowest BCUT2D eigenvalue weighted by molar-refractivity contribution is -0.103. The van der Waals surface area contributed by atoms with Gasteiger partial charge in [-0.15, -0.1) is 0 Å². The van der Waals surface area contributed by atoms with Crippen LogP contribution in [-0.4, -0.2) is 45.3 Å². The van der Waals surface area contributed by atoms with Gasteiger partial charge in [0.1, 0.15) is 5.75 Å². The molecule has 30 heavy (non-hydrogen) atoms. The normalized spacial score (nSPS) is 29.0. The molecule has 2 aromatic carbocycles. The molecule has 4 nitrogen and oxygen atoms in total. The number of hydrogen-bond donors (Lipinski definition) is 3. The molecular formula is C25H27BrN2O2. The smallest absolute Gasteiger partial charge is 0.115 e. The molecular weight excluding hydrogens is 440 g/mol. The van der Waals surface area contributed by atoms with Gasteiger partial charge in [-0.2, -0.15) is 0 Å². The molecule has 1 aliphatic heterocycles. The lowest BCUT2D eigenvalue weighted by atomic mass is 9.56. The van der Waals surface area contributed by atoms with Crippen molar-refractivity contribution in [2.24, 2.45) is 5.92 Å². The van der Waals surface area contributed by atoms with Crippen molar-refractivity contribution >= 4 is 26.8 Å². The standard InChI is InChI=1S/C25H27BrN2O2/c26-21-6-2-5-19-20-12-25(30)15-28(14-16-7-8-16)10-9-24(25,13-22(20)27-23(19)21)17-3-1-4-18(29)11-17/h1-6,11,16,27,29-30H,7-10,12-15H2/t24-,25-/m0/s1. The van der Waals surface area contributed by atoms with E-state index in [2.05, 4.69) is 50.1 Å². The summed E-state index contributed by atoms with van der Waals surface area (Å²) < 4.78 is 1.06. The number of aromatic nitrogens is 1. The van der Waals surface area contributed by atoms with Crippen molar-refractivity contribution < 1.29 is 10.2 Å². The molecule has 5 heteroatoms. The minimum absolute atomic E-state index is 0.273. The fraction of sp³-hybridized carbons (Fsp3) is 0.440. The summed E-state index contributed by atoms with van der Waals surface area (Å²) in [5, 5.41) is 23.8. The lowest BCUT2D eigenvalue weighted by Crippen LogP contribution is -2.66. The number of fused-ring (bicyclic) bond motifs is 4. The second kappa shape index (κ2) is 6.59. The molecule has 2 atom stereocenters. The first-order chi connectivity index (χ1) is 14.5. The van der Waals surface area contributed by atoms with E-state index in [1.165, 1.54) is 29.5 Å². The number of benzene rings is 2. The molecule has 0 spiro atoms. The summed E-state index contributed by atoms with van der Waals surface area (Å²) in [6.07, 6.45) is 4.95. The predicted octanol–water partition coefficient (Wildman–Crippen LogP) is 4.52. The van der Waals surface area contributed by atoms with E-state index in [0.717, 1.165) is 47.4 Å². The van der Waals surface area contributed by atoms with Crippen LogP contribution in [0.4, 0.5) is 0 Å². The number of aromatic hydroxyl groups is 1. The Kier molecular flexibility index (Phi) is 4.15. The Morgan fingerprint density at radius 1 is 1.13 bits per heavy atom. The molecule has 2 aliphatic carbocycles. The maximum Gasteiger partial charge on any atom is 0.115 e. The van der Waals surface area contributed by atoms with Gasteiger partial charge < -0.3 is 20.1 Å². The van der Waals surface area contributed by atoms with Crippen molar-refractivity contribution in [3.63, 3.8) is 0 Å². The molecule has 0 bridgehead atoms. The maximum atomic E-state index is 12.3. The van der Waals surface area contributed by atoms with E-state index in [-0.39, 0.29) is 5.75 Å². The van der Waals surface area contributed by atoms with Crippen molar-refractivity contribution in [3.05, 3.63) is 63.8 Å². The lowest BCUT2D eigenvalue weighted by Gasteiger charge is -2.56. The highest BCUT2D eigenvalue weighted by atomic mass is 79.9. The van der Waals surface area contributed by atoms with E-state index in [1.54, 1.807) is 6.07 Å². The number of halogens is 1. The zero-order chi connectivity index (χ0) is 20.5. The van der Waals surface area contributed by atoms with Crippen LogP contribution in [0.3, 0.4) is 0 Å². The number of para-hydroxylation sites is 1. The minimum atomic E-state index is -0.863. The highest BCUT2D eigenvalue weighted by molar-refractivity contribution is 9.10. The number of aromatic amines is 1. The van der Waals surface area contributed by atoms with Gasteiger partial charge >= 0.3 is 0 Å². The van der Waals surface area contributed by atoms with Crippen LogP contribution >= 0.6 is 15.9 Å². The fourth-order valence-corrected chi connectivity index (χ4v) is 6.50. The molecule has 2 heterocycles. The van der Waals surface area contributed by atoms with E-state index in [9.17, 15) is 10.2 Å². The number of likely N-dealkylation sites (tertiary alicyclic amines) is 1. The first kappa shape index (κ1) is 18.9. The highest BCUT2D eigenvalue weighted by Gasteiger charge is 2.57. The van der Waals surface area contributed by atoms with Crippen LogP contribution in [0.2, 0.25) is 0 Å². The number of H-pyrrole nitrogens is 1. The van der Waals surface area contributed by atoms with Crippen molar-refractivity contribution in [1.29, 1.82) is 0 Å². The molecule has 0 amide bonds. The molecule has 1 saturated heterocycles. The molecule has 2 fully saturated rings. The third kappa shape index (κ3) is 2.79. The molecule has 3 aliphatic rings. The average molecular weight is 467 g/mol. The summed E-state index contributed by atoms with van der Waals surface area (Å²) in [6, 6.07) is 13.9. The molecule has 3 N–H and O–H groups in total. The number of phenols is 1. The van der Waals surface area contributed by atoms with E-state index in [1.807, 2.05) is 12.1 Å². The number of nitrogens with one attached hydrogen (secondary N) is 1. The highest BCUT2D eigenvalue weighted by Crippen LogP contribution is 2.52. The number of phenolic OH excluding ortho intramolecular Hbond substituents is 1. The summed E-state index contributed by atoms with van der Waals surface area (Å²) in [7, 11) is 0. The van der Waals surface area contributed by atoms with Crippen LogP contribution < -0.4 is 0 Å². The van der Waals surface area contributed by atoms with E-state index >= 15 is 0 Å². The fourth-order valence-electron chi connectivity index (χ4n) is 6.04. The van der Waals surface area contributed by atoms with Gasteiger partial charge in [0, 0.05) is 46.9 Å². The topological polar surface area (TPSA) is 59.5 Å². The summed E-state index contributed by atoms with van der Waals surface area (Å²) >= 11 is 3.69. The molecule has 3 aromatic rings. The van der Waals surface area contributed by atoms with Crippen molar-refractivity contribution in [2.45, 2.75) is 43.1 Å². The van der Waals surface area contributed by atoms with Crippen LogP contribution in [0.1, 0.15) is 36.1 Å². The Morgan fingerprint density at radius 2 is 1.97 bits per heavy atom. The average Bonchev–Trinajstić information content (AvgIpc) is 3.46. The second-order valence-corrected chi connectivity index (χ2v) is 10.5. The van der Waals surface area contributed by atoms with Gasteiger partial charge in [0.05, 0.1) is 11.1 Å². The number of nitrogens with zero attached hydrogens (tertiary/aromatic N) is 1. The second-order valence-electron chi connectivity index (χ2n) is 9.69. The summed E-state index contributed by atoms with van der Waals surface area (Å²) in [5.74, 6) is 1.08. The van der Waals surface area contributed by atoms with Crippen LogP contribution in [0.5, 0.6) is 5.75 Å². The third-order valence-corrected chi connectivity index (χ3v) is 8.43. The molecule has 0 radical (unpaired) electrons. The molecule has 1 saturated carbocycles. The SMILES string of the molecule is Oc1cccc([C@@]23CCN(CC4CC4)C[C@@]2(O)Cc2c([nH]c4c(Br)cccc24)C3)c1. The molecule has 156 valence electrons. The largest absolute Gasteiger partial charge is 0.508 e. The molecule has 0 unspecified atom stereocenters. The first-order valence-electron chi connectivity index (χ1n) is 11.0. The van der Waals surface area contributed by atoms with Gasteiger partial charge in [0.25, 0.3) is 0 Å². The van der Waals surface area contributed by atoms with E-state index in [4.69, 9.17) is 0 Å². The quantitative estimate of drug-likeness (QED) is 0.531. The van der Waals surface area contributed by atoms with Crippen LogP contribution in [0.25, 0.3) is 10.9 Å². The van der Waals surface area contributed by atoms with Crippen LogP contribution in [-0.2, 0) is 18.3 Å². The van der Waals surface area contributed by atoms with E-state index in [0.29, 0.717) is 13.0 Å². The number of piperidine rings is 1. The Morgan fingerprint density at radius 3 is 2.77 bits per heavy atom. The zero-order valence-corrected chi connectivity index (χ0v) is 18.6. The number of β-amino-alcohol motifs (C(OH)–C–C–N with tert-alkyl or cyclic N) is 1. The molecule has 6 rings (SSSR count). The van der Waals surface area contributed by atoms with Crippen molar-refractivity contribution in [1.82, 2.24) is 9.88 Å². The Labute approximate surface area is 185 Å². The summed E-state index contributed by atoms with van der Waals surface area (Å²) in [4.78, 5) is 6.14. The van der Waals surface area contributed by atoms with Gasteiger partial charge in [-0.25, -0.2) is 0 Å². The zero-order valence-electron chi connectivity index (χ0n) is 17.0. The number of aliphatic hydroxyl groups is 1. The number of rotatable bonds is 3. The van der Waals surface area contributed by atoms with Gasteiger partial charge in [-0.05, 0) is 77.0 Å².